The molecule has 2 aromatic rings. The third-order valence-electron chi connectivity index (χ3n) is 4.22. The number of carbonyl (C=O) groups is 1. The van der Waals surface area contributed by atoms with Gasteiger partial charge in [-0.05, 0) is 83.1 Å². The molecule has 6 heteroatoms. The fourth-order valence-electron chi connectivity index (χ4n) is 2.83. The van der Waals surface area contributed by atoms with Gasteiger partial charge in [-0.1, -0.05) is 45.4 Å². The highest BCUT2D eigenvalue weighted by molar-refractivity contribution is 5.93. The molecule has 0 aliphatic carbocycles. The maximum atomic E-state index is 10.5. The molecule has 0 radical (unpaired) electrons. The van der Waals surface area contributed by atoms with Gasteiger partial charge in [-0.3, -0.25) is 25.1 Å². The second-order valence-corrected chi connectivity index (χ2v) is 7.35. The molecule has 0 spiro atoms. The van der Waals surface area contributed by atoms with Crippen LogP contribution in [0.15, 0.2) is 77.2 Å². The van der Waals surface area contributed by atoms with Crippen LogP contribution in [0, 0.1) is 0 Å². The molecule has 0 fully saturated rings. The Balaban J connectivity index is 0. The second kappa shape index (κ2) is 22.7. The first-order chi connectivity index (χ1) is 16.9. The highest BCUT2D eigenvalue weighted by Crippen LogP contribution is 2.11. The minimum absolute atomic E-state index is 0.100. The van der Waals surface area contributed by atoms with E-state index < -0.39 is 0 Å². The molecule has 0 saturated heterocycles. The number of nitrogens with zero attached hydrogens (tertiary/aromatic N) is 4. The first kappa shape index (κ1) is 34.0. The van der Waals surface area contributed by atoms with Crippen LogP contribution < -0.4 is 5.32 Å². The van der Waals surface area contributed by atoms with Crippen molar-refractivity contribution >= 4 is 12.1 Å². The van der Waals surface area contributed by atoms with E-state index in [1.165, 1.54) is 11.1 Å². The molecule has 0 bridgehead atoms. The highest BCUT2D eigenvalue weighted by Gasteiger charge is 2.07. The van der Waals surface area contributed by atoms with E-state index in [9.17, 15) is 4.79 Å². The molecule has 0 aliphatic heterocycles. The van der Waals surface area contributed by atoms with Crippen molar-refractivity contribution in [3.05, 3.63) is 83.5 Å². The van der Waals surface area contributed by atoms with Crippen LogP contribution in [-0.2, 0) is 11.3 Å². The Morgan fingerprint density at radius 1 is 1.00 bits per heavy atom. The fraction of sp³-hybridized carbons (Fsp3) is 0.448. The van der Waals surface area contributed by atoms with E-state index in [0.29, 0.717) is 6.54 Å². The lowest BCUT2D eigenvalue weighted by Gasteiger charge is -2.13. The van der Waals surface area contributed by atoms with Crippen LogP contribution >= 0.6 is 0 Å². The van der Waals surface area contributed by atoms with Gasteiger partial charge in [0.15, 0.2) is 0 Å². The van der Waals surface area contributed by atoms with E-state index in [4.69, 9.17) is 0 Å². The van der Waals surface area contributed by atoms with Crippen molar-refractivity contribution in [2.24, 2.45) is 4.99 Å². The van der Waals surface area contributed by atoms with E-state index in [-0.39, 0.29) is 6.17 Å². The standard InChI is InChI=1S/C16H23N3.C9H12N2O.2C2H6/c1-12(2)10-13(3)11-14(4)19-16(17-5)15-8-6-7-9-18-15;1-2-11(8-12)7-9-3-5-10-6-4-9;2*1-2/h6-11,16-17H,1-5H3;3-6,8H,2,7H2,1H3;2*1-2H3/b13-11-,19-14+;;;. The Hall–Kier alpha value is -3.12. The predicted octanol–water partition coefficient (Wildman–Crippen LogP) is 6.79. The molecular formula is C29H47N5O. The van der Waals surface area contributed by atoms with Gasteiger partial charge in [0.2, 0.25) is 6.41 Å². The van der Waals surface area contributed by atoms with Gasteiger partial charge in [0.05, 0.1) is 5.69 Å². The summed E-state index contributed by atoms with van der Waals surface area (Å²) >= 11 is 0. The molecule has 2 rings (SSSR count). The number of aliphatic imine (C=N–C) groups is 1. The van der Waals surface area contributed by atoms with Crippen LogP contribution in [0.5, 0.6) is 0 Å². The SMILES string of the molecule is CC.CC.CCN(C=O)Cc1ccncc1.CNC(/N=C(C)/C=C(/C)C=C(C)C)c1ccccn1. The van der Waals surface area contributed by atoms with Crippen molar-refractivity contribution in [2.45, 2.75) is 75.0 Å². The Bertz CT molecular complexity index is 857. The molecular weight excluding hydrogens is 434 g/mol. The number of nitrogens with one attached hydrogen (secondary N) is 1. The van der Waals surface area contributed by atoms with Crippen molar-refractivity contribution in [2.75, 3.05) is 13.6 Å². The van der Waals surface area contributed by atoms with Gasteiger partial charge in [-0.25, -0.2) is 0 Å². The zero-order valence-electron chi connectivity index (χ0n) is 23.5. The average molecular weight is 482 g/mol. The molecule has 1 amide bonds. The summed E-state index contributed by atoms with van der Waals surface area (Å²) in [5.41, 5.74) is 5.52. The van der Waals surface area contributed by atoms with Crippen molar-refractivity contribution in [1.82, 2.24) is 20.2 Å². The highest BCUT2D eigenvalue weighted by atomic mass is 16.1. The van der Waals surface area contributed by atoms with Gasteiger partial charge < -0.3 is 4.90 Å². The number of rotatable bonds is 9. The van der Waals surface area contributed by atoms with Crippen molar-refractivity contribution in [1.29, 1.82) is 0 Å². The lowest BCUT2D eigenvalue weighted by atomic mass is 10.1. The number of amides is 1. The normalized spacial score (nSPS) is 11.3. The minimum atomic E-state index is -0.100. The summed E-state index contributed by atoms with van der Waals surface area (Å²) in [4.78, 5) is 25.0. The first-order valence-electron chi connectivity index (χ1n) is 12.4. The number of aromatic nitrogens is 2. The number of pyridine rings is 2. The fourth-order valence-corrected chi connectivity index (χ4v) is 2.83. The van der Waals surface area contributed by atoms with Gasteiger partial charge in [0.1, 0.15) is 6.17 Å². The summed E-state index contributed by atoms with van der Waals surface area (Å²) in [6.45, 7) is 19.6. The van der Waals surface area contributed by atoms with Crippen LogP contribution in [-0.4, -0.2) is 40.6 Å². The van der Waals surface area contributed by atoms with Crippen LogP contribution in [0.2, 0.25) is 0 Å². The van der Waals surface area contributed by atoms with Gasteiger partial charge in [0.25, 0.3) is 0 Å². The molecule has 1 unspecified atom stereocenters. The Morgan fingerprint density at radius 3 is 2.09 bits per heavy atom. The smallest absolute Gasteiger partial charge is 0.209 e. The Kier molecular flexibility index (Phi) is 22.0. The van der Waals surface area contributed by atoms with E-state index in [1.807, 2.05) is 78.9 Å². The molecule has 194 valence electrons. The summed E-state index contributed by atoms with van der Waals surface area (Å²) in [6.07, 6.45) is 10.2. The summed E-state index contributed by atoms with van der Waals surface area (Å²) in [5, 5.41) is 3.17. The molecule has 35 heavy (non-hydrogen) atoms. The first-order valence-corrected chi connectivity index (χ1v) is 12.4. The molecule has 0 aromatic carbocycles. The lowest BCUT2D eigenvalue weighted by Crippen LogP contribution is -2.20. The Labute approximate surface area is 214 Å². The van der Waals surface area contributed by atoms with E-state index in [0.717, 1.165) is 29.9 Å². The number of carbonyl (C=O) groups excluding carboxylic acids is 1. The van der Waals surface area contributed by atoms with Crippen LogP contribution in [0.3, 0.4) is 0 Å². The minimum Gasteiger partial charge on any atom is -0.341 e. The number of allylic oxidation sites excluding steroid dienone is 4. The van der Waals surface area contributed by atoms with Gasteiger partial charge in [-0.15, -0.1) is 0 Å². The van der Waals surface area contributed by atoms with Crippen LogP contribution in [0.25, 0.3) is 0 Å². The van der Waals surface area contributed by atoms with E-state index >= 15 is 0 Å². The molecule has 0 saturated carbocycles. The summed E-state index contributed by atoms with van der Waals surface area (Å²) < 4.78 is 0. The second-order valence-electron chi connectivity index (χ2n) is 7.35. The third kappa shape index (κ3) is 17.0. The zero-order valence-corrected chi connectivity index (χ0v) is 23.5. The molecule has 2 aromatic heterocycles. The van der Waals surface area contributed by atoms with Gasteiger partial charge >= 0.3 is 0 Å². The Morgan fingerprint density at radius 2 is 1.63 bits per heavy atom. The molecule has 2 heterocycles. The van der Waals surface area contributed by atoms with Crippen molar-refractivity contribution in [3.8, 4) is 0 Å². The summed E-state index contributed by atoms with van der Waals surface area (Å²) in [7, 11) is 1.89. The third-order valence-corrected chi connectivity index (χ3v) is 4.22. The maximum Gasteiger partial charge on any atom is 0.209 e. The predicted molar refractivity (Wildman–Crippen MR) is 151 cm³/mol. The van der Waals surface area contributed by atoms with Crippen molar-refractivity contribution < 1.29 is 4.79 Å². The molecule has 6 nitrogen and oxygen atoms in total. The monoisotopic (exact) mass is 481 g/mol. The average Bonchev–Trinajstić information content (AvgIpc) is 2.89. The summed E-state index contributed by atoms with van der Waals surface area (Å²) in [6, 6.07) is 9.68. The molecule has 1 atom stereocenters. The molecule has 0 aliphatic rings. The van der Waals surface area contributed by atoms with E-state index in [2.05, 4.69) is 53.2 Å². The van der Waals surface area contributed by atoms with E-state index in [1.54, 1.807) is 23.5 Å². The molecule has 1 N–H and O–H groups in total. The topological polar surface area (TPSA) is 70.5 Å². The number of hydrogen-bond donors (Lipinski definition) is 1. The number of hydrogen-bond acceptors (Lipinski definition) is 5. The van der Waals surface area contributed by atoms with Crippen LogP contribution in [0.1, 0.15) is 79.7 Å². The quantitative estimate of drug-likeness (QED) is 0.243. The zero-order chi connectivity index (χ0) is 27.1. The van der Waals surface area contributed by atoms with Gasteiger partial charge in [-0.2, -0.15) is 0 Å². The lowest BCUT2D eigenvalue weighted by molar-refractivity contribution is -0.118. The van der Waals surface area contributed by atoms with Gasteiger partial charge in [0, 0.05) is 37.4 Å². The largest absolute Gasteiger partial charge is 0.341 e. The van der Waals surface area contributed by atoms with Crippen LogP contribution in [0.4, 0.5) is 0 Å². The van der Waals surface area contributed by atoms with Crippen molar-refractivity contribution in [3.63, 3.8) is 0 Å². The summed E-state index contributed by atoms with van der Waals surface area (Å²) in [5.74, 6) is 0. The maximum absolute atomic E-state index is 10.5.